The molecule has 2 N–H and O–H groups in total. The lowest BCUT2D eigenvalue weighted by molar-refractivity contribution is -0.137. The van der Waals surface area contributed by atoms with Gasteiger partial charge in [0, 0.05) is 17.7 Å². The highest BCUT2D eigenvalue weighted by Crippen LogP contribution is 2.39. The van der Waals surface area contributed by atoms with Gasteiger partial charge < -0.3 is 10.3 Å². The maximum atomic E-state index is 14.1. The molecule has 31 heavy (non-hydrogen) atoms. The van der Waals surface area contributed by atoms with Crippen molar-refractivity contribution in [1.82, 2.24) is 9.55 Å². The Bertz CT molecular complexity index is 1110. The van der Waals surface area contributed by atoms with E-state index in [1.165, 1.54) is 16.7 Å². The van der Waals surface area contributed by atoms with Crippen LogP contribution in [-0.4, -0.2) is 15.5 Å². The number of nitrogens with two attached hydrogens (primary N) is 1. The molecule has 1 unspecified atom stereocenters. The third-order valence-corrected chi connectivity index (χ3v) is 5.87. The molecule has 9 heteroatoms. The molecular weight excluding hydrogens is 417 g/mol. The number of halogens is 5. The minimum atomic E-state index is -4.51. The molecule has 1 heterocycles. The molecule has 0 bridgehead atoms. The second kappa shape index (κ2) is 7.94. The summed E-state index contributed by atoms with van der Waals surface area (Å²) in [5, 5.41) is 0. The van der Waals surface area contributed by atoms with Crippen LogP contribution in [0.5, 0.6) is 0 Å². The molecule has 0 radical (unpaired) electrons. The molecule has 1 aliphatic carbocycles. The van der Waals surface area contributed by atoms with Crippen LogP contribution in [0.4, 0.5) is 22.0 Å². The number of fused-ring (bicyclic) bond motifs is 1. The fraction of sp³-hybridized carbons (Fsp3) is 0.364. The Labute approximate surface area is 174 Å². The van der Waals surface area contributed by atoms with Crippen molar-refractivity contribution >= 4 is 16.9 Å². The Morgan fingerprint density at radius 3 is 2.23 bits per heavy atom. The standard InChI is InChI=1S/C22H20F5N3O/c23-15-10-17-18(11-16(15)24)30(19(20(28)31)12-4-2-1-3-5-12)21(29-17)13-6-8-14(9-7-13)22(25,26)27/h6-12,19H,1-5H2,(H2,28,31). The molecule has 0 saturated heterocycles. The maximum absolute atomic E-state index is 14.1. The third kappa shape index (κ3) is 4.00. The van der Waals surface area contributed by atoms with Crippen molar-refractivity contribution in [3.63, 3.8) is 0 Å². The van der Waals surface area contributed by atoms with E-state index < -0.39 is 35.3 Å². The molecule has 4 nitrogen and oxygen atoms in total. The van der Waals surface area contributed by atoms with Crippen LogP contribution >= 0.6 is 0 Å². The van der Waals surface area contributed by atoms with E-state index in [2.05, 4.69) is 4.98 Å². The number of amides is 1. The number of aromatic nitrogens is 2. The second-order valence-corrected chi connectivity index (χ2v) is 7.88. The highest BCUT2D eigenvalue weighted by molar-refractivity contribution is 5.86. The van der Waals surface area contributed by atoms with E-state index >= 15 is 0 Å². The Morgan fingerprint density at radius 2 is 1.65 bits per heavy atom. The van der Waals surface area contributed by atoms with Crippen LogP contribution in [0.2, 0.25) is 0 Å². The second-order valence-electron chi connectivity index (χ2n) is 7.88. The zero-order chi connectivity index (χ0) is 22.3. The van der Waals surface area contributed by atoms with Crippen LogP contribution in [0.25, 0.3) is 22.4 Å². The van der Waals surface area contributed by atoms with Crippen molar-refractivity contribution < 1.29 is 26.7 Å². The number of alkyl halides is 3. The largest absolute Gasteiger partial charge is 0.416 e. The molecule has 1 aromatic heterocycles. The van der Waals surface area contributed by atoms with Crippen LogP contribution in [0.3, 0.4) is 0 Å². The first-order valence-corrected chi connectivity index (χ1v) is 10.0. The van der Waals surface area contributed by atoms with Gasteiger partial charge >= 0.3 is 6.18 Å². The molecule has 1 aliphatic rings. The van der Waals surface area contributed by atoms with E-state index in [0.717, 1.165) is 56.4 Å². The summed E-state index contributed by atoms with van der Waals surface area (Å²) in [5.41, 5.74) is 5.45. The van der Waals surface area contributed by atoms with Gasteiger partial charge in [0.2, 0.25) is 5.91 Å². The minimum Gasteiger partial charge on any atom is -0.368 e. The van der Waals surface area contributed by atoms with Gasteiger partial charge in [-0.25, -0.2) is 13.8 Å². The minimum absolute atomic E-state index is 0.0934. The predicted molar refractivity (Wildman–Crippen MR) is 105 cm³/mol. The van der Waals surface area contributed by atoms with Gasteiger partial charge in [-0.1, -0.05) is 31.4 Å². The topological polar surface area (TPSA) is 60.9 Å². The average molecular weight is 437 g/mol. The van der Waals surface area contributed by atoms with Crippen LogP contribution in [0, 0.1) is 17.6 Å². The first kappa shape index (κ1) is 21.3. The number of hydrogen-bond donors (Lipinski definition) is 1. The summed E-state index contributed by atoms with van der Waals surface area (Å²) in [6.07, 6.45) is -0.229. The number of nitrogens with zero attached hydrogens (tertiary/aromatic N) is 2. The van der Waals surface area contributed by atoms with E-state index in [-0.39, 0.29) is 28.3 Å². The van der Waals surface area contributed by atoms with E-state index in [1.54, 1.807) is 0 Å². The predicted octanol–water partition coefficient (Wildman–Crippen LogP) is 5.61. The normalized spacial score (nSPS) is 16.5. The summed E-state index contributed by atoms with van der Waals surface area (Å²) in [6, 6.07) is 5.24. The number of imidazole rings is 1. The van der Waals surface area contributed by atoms with Gasteiger partial charge in [0.05, 0.1) is 16.6 Å². The van der Waals surface area contributed by atoms with E-state index in [4.69, 9.17) is 5.73 Å². The van der Waals surface area contributed by atoms with Gasteiger partial charge in [-0.3, -0.25) is 4.79 Å². The lowest BCUT2D eigenvalue weighted by Gasteiger charge is -2.30. The maximum Gasteiger partial charge on any atom is 0.416 e. The van der Waals surface area contributed by atoms with Gasteiger partial charge in [-0.2, -0.15) is 13.2 Å². The highest BCUT2D eigenvalue weighted by Gasteiger charge is 2.34. The number of carbonyl (C=O) groups excluding carboxylic acids is 1. The van der Waals surface area contributed by atoms with Crippen molar-refractivity contribution in [2.24, 2.45) is 11.7 Å². The van der Waals surface area contributed by atoms with Crippen LogP contribution in [0.15, 0.2) is 36.4 Å². The smallest absolute Gasteiger partial charge is 0.368 e. The third-order valence-electron chi connectivity index (χ3n) is 5.87. The van der Waals surface area contributed by atoms with E-state index in [1.807, 2.05) is 0 Å². The molecule has 1 atom stereocenters. The number of rotatable bonds is 4. The summed E-state index contributed by atoms with van der Waals surface area (Å²) < 4.78 is 68.3. The van der Waals surface area contributed by atoms with Gasteiger partial charge in [-0.15, -0.1) is 0 Å². The SMILES string of the molecule is NC(=O)C(C1CCCCC1)n1c(-c2ccc(C(F)(F)F)cc2)nc2cc(F)c(F)cc21. The van der Waals surface area contributed by atoms with Crippen molar-refractivity contribution in [2.75, 3.05) is 0 Å². The van der Waals surface area contributed by atoms with Crippen molar-refractivity contribution in [3.8, 4) is 11.4 Å². The molecule has 164 valence electrons. The zero-order valence-corrected chi connectivity index (χ0v) is 16.4. The Balaban J connectivity index is 1.93. The number of hydrogen-bond acceptors (Lipinski definition) is 2. The van der Waals surface area contributed by atoms with Crippen molar-refractivity contribution in [1.29, 1.82) is 0 Å². The van der Waals surface area contributed by atoms with Crippen LogP contribution in [-0.2, 0) is 11.0 Å². The van der Waals surface area contributed by atoms with Gasteiger partial charge in [0.15, 0.2) is 11.6 Å². The van der Waals surface area contributed by atoms with Crippen LogP contribution < -0.4 is 5.73 Å². The molecule has 1 amide bonds. The monoisotopic (exact) mass is 437 g/mol. The van der Waals surface area contributed by atoms with Gasteiger partial charge in [0.1, 0.15) is 11.9 Å². The van der Waals surface area contributed by atoms with Crippen molar-refractivity contribution in [3.05, 3.63) is 53.6 Å². The molecular formula is C22H20F5N3O. The van der Waals surface area contributed by atoms with Crippen LogP contribution in [0.1, 0.15) is 43.7 Å². The summed E-state index contributed by atoms with van der Waals surface area (Å²) >= 11 is 0. The molecule has 4 rings (SSSR count). The Morgan fingerprint density at radius 1 is 1.03 bits per heavy atom. The average Bonchev–Trinajstić information content (AvgIpc) is 3.06. The van der Waals surface area contributed by atoms with Gasteiger partial charge in [0.25, 0.3) is 0 Å². The fourth-order valence-corrected chi connectivity index (χ4v) is 4.40. The van der Waals surface area contributed by atoms with Crippen molar-refractivity contribution in [2.45, 2.75) is 44.3 Å². The molecule has 0 spiro atoms. The first-order valence-electron chi connectivity index (χ1n) is 10.0. The lowest BCUT2D eigenvalue weighted by atomic mass is 9.83. The first-order chi connectivity index (χ1) is 14.7. The number of benzene rings is 2. The highest BCUT2D eigenvalue weighted by atomic mass is 19.4. The molecule has 1 fully saturated rings. The molecule has 1 saturated carbocycles. The summed E-state index contributed by atoms with van der Waals surface area (Å²) in [4.78, 5) is 16.9. The Kier molecular flexibility index (Phi) is 5.45. The summed E-state index contributed by atoms with van der Waals surface area (Å²) in [5.74, 6) is -2.86. The molecule has 0 aliphatic heterocycles. The lowest BCUT2D eigenvalue weighted by Crippen LogP contribution is -2.34. The van der Waals surface area contributed by atoms with E-state index in [9.17, 15) is 26.7 Å². The molecule has 3 aromatic rings. The summed E-state index contributed by atoms with van der Waals surface area (Å²) in [7, 11) is 0. The summed E-state index contributed by atoms with van der Waals surface area (Å²) in [6.45, 7) is 0. The Hall–Kier alpha value is -2.97. The van der Waals surface area contributed by atoms with Gasteiger partial charge in [-0.05, 0) is 30.9 Å². The van der Waals surface area contributed by atoms with E-state index in [0.29, 0.717) is 0 Å². The quantitative estimate of drug-likeness (QED) is 0.540. The molecule has 2 aromatic carbocycles. The number of primary amides is 1. The zero-order valence-electron chi connectivity index (χ0n) is 16.4. The fourth-order valence-electron chi connectivity index (χ4n) is 4.40. The number of carbonyl (C=O) groups is 1.